The van der Waals surface area contributed by atoms with Crippen LogP contribution in [0.3, 0.4) is 0 Å². The second-order valence-electron chi connectivity index (χ2n) is 3.11. The van der Waals surface area contributed by atoms with Crippen molar-refractivity contribution in [3.8, 4) is 0 Å². The van der Waals surface area contributed by atoms with Gasteiger partial charge in [0.05, 0.1) is 17.7 Å². The SMILES string of the molecule is CCOC(=O)c1cc(Cl)nc2ccncc12. The van der Waals surface area contributed by atoms with Gasteiger partial charge >= 0.3 is 5.97 Å². The maximum Gasteiger partial charge on any atom is 0.338 e. The molecule has 0 aliphatic heterocycles. The van der Waals surface area contributed by atoms with Crippen molar-refractivity contribution in [1.29, 1.82) is 0 Å². The number of carbonyl (C=O) groups is 1. The predicted octanol–water partition coefficient (Wildman–Crippen LogP) is 2.46. The zero-order chi connectivity index (χ0) is 11.5. The van der Waals surface area contributed by atoms with Crippen LogP contribution in [-0.4, -0.2) is 22.5 Å². The molecule has 0 aromatic carbocycles. The molecule has 2 heterocycles. The zero-order valence-electron chi connectivity index (χ0n) is 8.61. The third-order valence-electron chi connectivity index (χ3n) is 2.07. The van der Waals surface area contributed by atoms with Crippen LogP contribution in [0.1, 0.15) is 17.3 Å². The van der Waals surface area contributed by atoms with Crippen molar-refractivity contribution < 1.29 is 9.53 Å². The van der Waals surface area contributed by atoms with Crippen molar-refractivity contribution in [1.82, 2.24) is 9.97 Å². The van der Waals surface area contributed by atoms with Gasteiger partial charge in [0.25, 0.3) is 0 Å². The first-order chi connectivity index (χ1) is 7.72. The van der Waals surface area contributed by atoms with E-state index in [1.165, 1.54) is 6.07 Å². The van der Waals surface area contributed by atoms with E-state index in [9.17, 15) is 4.79 Å². The molecule has 2 aromatic heterocycles. The molecule has 0 saturated carbocycles. The van der Waals surface area contributed by atoms with E-state index in [0.717, 1.165) is 0 Å². The van der Waals surface area contributed by atoms with Gasteiger partial charge in [-0.2, -0.15) is 0 Å². The van der Waals surface area contributed by atoms with Crippen molar-refractivity contribution in [3.63, 3.8) is 0 Å². The smallest absolute Gasteiger partial charge is 0.338 e. The lowest BCUT2D eigenvalue weighted by Gasteiger charge is -2.05. The van der Waals surface area contributed by atoms with Gasteiger partial charge < -0.3 is 4.74 Å². The zero-order valence-corrected chi connectivity index (χ0v) is 9.36. The monoisotopic (exact) mass is 236 g/mol. The van der Waals surface area contributed by atoms with Gasteiger partial charge in [-0.1, -0.05) is 11.6 Å². The minimum Gasteiger partial charge on any atom is -0.462 e. The molecule has 5 heteroatoms. The van der Waals surface area contributed by atoms with E-state index >= 15 is 0 Å². The fourth-order valence-corrected chi connectivity index (χ4v) is 1.61. The number of halogens is 1. The summed E-state index contributed by atoms with van der Waals surface area (Å²) in [6, 6.07) is 3.19. The number of carbonyl (C=O) groups excluding carboxylic acids is 1. The van der Waals surface area contributed by atoms with Crippen LogP contribution in [0.15, 0.2) is 24.5 Å². The first-order valence-corrected chi connectivity index (χ1v) is 5.17. The molecule has 2 rings (SSSR count). The highest BCUT2D eigenvalue weighted by atomic mass is 35.5. The van der Waals surface area contributed by atoms with Crippen molar-refractivity contribution >= 4 is 28.5 Å². The lowest BCUT2D eigenvalue weighted by atomic mass is 10.1. The van der Waals surface area contributed by atoms with Gasteiger partial charge in [0.2, 0.25) is 0 Å². The molecule has 2 aromatic rings. The van der Waals surface area contributed by atoms with Crippen LogP contribution in [0.25, 0.3) is 10.9 Å². The molecule has 0 fully saturated rings. The van der Waals surface area contributed by atoms with E-state index in [4.69, 9.17) is 16.3 Å². The highest BCUT2D eigenvalue weighted by Crippen LogP contribution is 2.20. The van der Waals surface area contributed by atoms with Crippen LogP contribution in [0.5, 0.6) is 0 Å². The van der Waals surface area contributed by atoms with Crippen LogP contribution in [-0.2, 0) is 4.74 Å². The van der Waals surface area contributed by atoms with Crippen LogP contribution < -0.4 is 0 Å². The molecule has 0 saturated heterocycles. The van der Waals surface area contributed by atoms with Gasteiger partial charge in [0, 0.05) is 17.8 Å². The first-order valence-electron chi connectivity index (χ1n) is 4.79. The number of hydrogen-bond donors (Lipinski definition) is 0. The summed E-state index contributed by atoms with van der Waals surface area (Å²) in [5.41, 5.74) is 1.02. The summed E-state index contributed by atoms with van der Waals surface area (Å²) in [5.74, 6) is -0.412. The van der Waals surface area contributed by atoms with Gasteiger partial charge in [-0.3, -0.25) is 4.98 Å². The topological polar surface area (TPSA) is 52.1 Å². The number of pyridine rings is 2. The minimum atomic E-state index is -0.412. The Morgan fingerprint density at radius 3 is 3.12 bits per heavy atom. The Balaban J connectivity index is 2.63. The molecule has 4 nitrogen and oxygen atoms in total. The minimum absolute atomic E-state index is 0.266. The normalized spacial score (nSPS) is 10.4. The molecule has 16 heavy (non-hydrogen) atoms. The fourth-order valence-electron chi connectivity index (χ4n) is 1.41. The molecule has 0 bridgehead atoms. The Morgan fingerprint density at radius 1 is 1.56 bits per heavy atom. The highest BCUT2D eigenvalue weighted by Gasteiger charge is 2.13. The lowest BCUT2D eigenvalue weighted by Crippen LogP contribution is -2.06. The molecule has 0 atom stereocenters. The second-order valence-corrected chi connectivity index (χ2v) is 3.49. The summed E-state index contributed by atoms with van der Waals surface area (Å²) < 4.78 is 4.94. The summed E-state index contributed by atoms with van der Waals surface area (Å²) in [6.45, 7) is 2.07. The van der Waals surface area contributed by atoms with Crippen molar-refractivity contribution in [2.24, 2.45) is 0 Å². The average Bonchev–Trinajstić information content (AvgIpc) is 2.28. The number of fused-ring (bicyclic) bond motifs is 1. The number of rotatable bonds is 2. The van der Waals surface area contributed by atoms with E-state index in [1.54, 1.807) is 25.4 Å². The predicted molar refractivity (Wildman–Crippen MR) is 60.5 cm³/mol. The summed E-state index contributed by atoms with van der Waals surface area (Å²) in [5, 5.41) is 0.909. The third kappa shape index (κ3) is 1.97. The Hall–Kier alpha value is -1.68. The van der Waals surface area contributed by atoms with Crippen molar-refractivity contribution in [3.05, 3.63) is 35.2 Å². The van der Waals surface area contributed by atoms with Crippen LogP contribution in [0, 0.1) is 0 Å². The summed E-state index contributed by atoms with van der Waals surface area (Å²) in [6.07, 6.45) is 3.17. The van der Waals surface area contributed by atoms with Crippen LogP contribution >= 0.6 is 11.6 Å². The van der Waals surface area contributed by atoms with E-state index in [-0.39, 0.29) is 5.15 Å². The van der Waals surface area contributed by atoms with Crippen molar-refractivity contribution in [2.75, 3.05) is 6.61 Å². The van der Waals surface area contributed by atoms with Crippen molar-refractivity contribution in [2.45, 2.75) is 6.92 Å². The molecule has 0 unspecified atom stereocenters. The molecule has 0 amide bonds. The standard InChI is InChI=1S/C11H9ClN2O2/c1-2-16-11(15)7-5-10(12)14-9-3-4-13-6-8(7)9/h3-6H,2H2,1H3. The quantitative estimate of drug-likeness (QED) is 0.594. The lowest BCUT2D eigenvalue weighted by molar-refractivity contribution is 0.0528. The average molecular weight is 237 g/mol. The van der Waals surface area contributed by atoms with E-state index in [2.05, 4.69) is 9.97 Å². The van der Waals surface area contributed by atoms with Gasteiger partial charge in [0.1, 0.15) is 5.15 Å². The molecule has 0 radical (unpaired) electrons. The molecule has 0 spiro atoms. The van der Waals surface area contributed by atoms with Gasteiger partial charge in [0.15, 0.2) is 0 Å². The van der Waals surface area contributed by atoms with E-state index in [1.807, 2.05) is 0 Å². The Labute approximate surface area is 97.2 Å². The van der Waals surface area contributed by atoms with E-state index < -0.39 is 5.97 Å². The Kier molecular flexibility index (Phi) is 3.01. The van der Waals surface area contributed by atoms with Crippen LogP contribution in [0.2, 0.25) is 5.15 Å². The van der Waals surface area contributed by atoms with Crippen LogP contribution in [0.4, 0.5) is 0 Å². The highest BCUT2D eigenvalue weighted by molar-refractivity contribution is 6.30. The van der Waals surface area contributed by atoms with Gasteiger partial charge in [-0.05, 0) is 19.1 Å². The number of ether oxygens (including phenoxy) is 1. The van der Waals surface area contributed by atoms with Gasteiger partial charge in [-0.25, -0.2) is 9.78 Å². The molecule has 0 N–H and O–H groups in total. The number of nitrogens with zero attached hydrogens (tertiary/aromatic N) is 2. The molecule has 82 valence electrons. The molecular formula is C11H9ClN2O2. The number of esters is 1. The maximum absolute atomic E-state index is 11.7. The summed E-state index contributed by atoms with van der Waals surface area (Å²) >= 11 is 5.83. The number of hydrogen-bond acceptors (Lipinski definition) is 4. The number of aromatic nitrogens is 2. The molecular weight excluding hydrogens is 228 g/mol. The summed E-state index contributed by atoms with van der Waals surface area (Å²) in [4.78, 5) is 19.7. The Morgan fingerprint density at radius 2 is 2.38 bits per heavy atom. The third-order valence-corrected chi connectivity index (χ3v) is 2.27. The summed E-state index contributed by atoms with van der Waals surface area (Å²) in [7, 11) is 0. The van der Waals surface area contributed by atoms with E-state index in [0.29, 0.717) is 23.1 Å². The first kappa shape index (κ1) is 10.8. The molecule has 0 aliphatic rings. The maximum atomic E-state index is 11.7. The Bertz CT molecular complexity index is 542. The van der Waals surface area contributed by atoms with Gasteiger partial charge in [-0.15, -0.1) is 0 Å². The fraction of sp³-hybridized carbons (Fsp3) is 0.182. The second kappa shape index (κ2) is 4.45. The molecule has 0 aliphatic carbocycles. The largest absolute Gasteiger partial charge is 0.462 e.